The van der Waals surface area contributed by atoms with E-state index in [1.54, 1.807) is 48.5 Å². The Kier molecular flexibility index (Phi) is 6.08. The molecule has 2 N–H and O–H groups in total. The lowest BCUT2D eigenvalue weighted by Crippen LogP contribution is -2.41. The summed E-state index contributed by atoms with van der Waals surface area (Å²) >= 11 is 5.83. The number of benzene rings is 2. The van der Waals surface area contributed by atoms with Crippen molar-refractivity contribution in [3.8, 4) is 5.75 Å². The lowest BCUT2D eigenvalue weighted by Gasteiger charge is -2.09. The van der Waals surface area contributed by atoms with Gasteiger partial charge in [-0.15, -0.1) is 0 Å². The Bertz CT molecular complexity index is 958. The van der Waals surface area contributed by atoms with E-state index in [2.05, 4.69) is 10.9 Å². The molecule has 0 bridgehead atoms. The molecule has 0 aliphatic heterocycles. The van der Waals surface area contributed by atoms with Gasteiger partial charge in [0.15, 0.2) is 12.4 Å². The van der Waals surface area contributed by atoms with E-state index in [1.807, 2.05) is 0 Å². The number of hydrogen-bond acceptors (Lipinski definition) is 4. The van der Waals surface area contributed by atoms with Gasteiger partial charge in [-0.2, -0.15) is 4.73 Å². The zero-order valence-electron chi connectivity index (χ0n) is 14.6. The average molecular weight is 398 g/mol. The molecule has 3 aromatic rings. The van der Waals surface area contributed by atoms with Gasteiger partial charge in [0.1, 0.15) is 12.4 Å². The third-order valence-electron chi connectivity index (χ3n) is 3.79. The monoisotopic (exact) mass is 397 g/mol. The molecule has 2 amide bonds. The second-order valence-electron chi connectivity index (χ2n) is 5.79. The first kappa shape index (κ1) is 19.2. The minimum atomic E-state index is -0.526. The molecule has 0 radical (unpaired) electrons. The minimum absolute atomic E-state index is 0.252. The molecule has 2 aromatic carbocycles. The van der Waals surface area contributed by atoms with E-state index >= 15 is 0 Å². The molecule has 0 spiro atoms. The van der Waals surface area contributed by atoms with Gasteiger partial charge in [0.25, 0.3) is 11.8 Å². The highest BCUT2D eigenvalue weighted by molar-refractivity contribution is 6.30. The zero-order chi connectivity index (χ0) is 19.9. The third kappa shape index (κ3) is 5.21. The van der Waals surface area contributed by atoms with Gasteiger partial charge in [-0.25, -0.2) is 0 Å². The van der Waals surface area contributed by atoms with E-state index in [0.717, 1.165) is 5.56 Å². The summed E-state index contributed by atoms with van der Waals surface area (Å²) in [6.07, 6.45) is 2.39. The fraction of sp³-hybridized carbons (Fsp3) is 0.0500. The van der Waals surface area contributed by atoms with Crippen molar-refractivity contribution >= 4 is 23.4 Å². The molecule has 0 fully saturated rings. The van der Waals surface area contributed by atoms with Crippen LogP contribution in [0.25, 0.3) is 0 Å². The van der Waals surface area contributed by atoms with Gasteiger partial charge in [0.05, 0.1) is 5.56 Å². The summed E-state index contributed by atoms with van der Waals surface area (Å²) in [6.45, 7) is 0.341. The maximum Gasteiger partial charge on any atom is 0.270 e. The molecule has 7 nitrogen and oxygen atoms in total. The topological polar surface area (TPSA) is 94.4 Å². The molecular formula is C20H16ClN3O4. The maximum atomic E-state index is 12.1. The van der Waals surface area contributed by atoms with Crippen LogP contribution < -0.4 is 20.3 Å². The second-order valence-corrected chi connectivity index (χ2v) is 6.23. The van der Waals surface area contributed by atoms with Crippen molar-refractivity contribution in [1.82, 2.24) is 10.9 Å². The molecule has 1 aromatic heterocycles. The van der Waals surface area contributed by atoms with E-state index in [1.165, 1.54) is 24.5 Å². The Labute approximate surface area is 166 Å². The average Bonchev–Trinajstić information content (AvgIpc) is 2.72. The van der Waals surface area contributed by atoms with Gasteiger partial charge in [-0.3, -0.25) is 20.4 Å². The van der Waals surface area contributed by atoms with Crippen LogP contribution in [0, 0.1) is 5.21 Å². The molecule has 142 valence electrons. The Hall–Kier alpha value is -3.58. The number of pyridine rings is 1. The Morgan fingerprint density at radius 2 is 1.39 bits per heavy atom. The van der Waals surface area contributed by atoms with Gasteiger partial charge in [0, 0.05) is 22.7 Å². The molecule has 1 heterocycles. The van der Waals surface area contributed by atoms with Crippen molar-refractivity contribution in [2.24, 2.45) is 0 Å². The van der Waals surface area contributed by atoms with Gasteiger partial charge >= 0.3 is 0 Å². The molecule has 0 saturated heterocycles. The van der Waals surface area contributed by atoms with Gasteiger partial charge < -0.3 is 9.94 Å². The van der Waals surface area contributed by atoms with Gasteiger partial charge in [0.2, 0.25) is 0 Å². The van der Waals surface area contributed by atoms with Crippen molar-refractivity contribution in [1.29, 1.82) is 0 Å². The van der Waals surface area contributed by atoms with Crippen LogP contribution in [0.15, 0.2) is 73.1 Å². The van der Waals surface area contributed by atoms with Crippen LogP contribution in [-0.2, 0) is 6.61 Å². The Morgan fingerprint density at radius 3 is 1.96 bits per heavy atom. The first-order valence-corrected chi connectivity index (χ1v) is 8.66. The normalized spacial score (nSPS) is 10.2. The van der Waals surface area contributed by atoms with Gasteiger partial charge in [-0.1, -0.05) is 23.7 Å². The van der Waals surface area contributed by atoms with Crippen LogP contribution in [-0.4, -0.2) is 11.8 Å². The number of amides is 2. The predicted octanol–water partition coefficient (Wildman–Crippen LogP) is 2.63. The van der Waals surface area contributed by atoms with Crippen LogP contribution >= 0.6 is 11.6 Å². The highest BCUT2D eigenvalue weighted by Gasteiger charge is 2.10. The fourth-order valence-corrected chi connectivity index (χ4v) is 2.40. The number of hydrazine groups is 1. The number of nitrogens with zero attached hydrogens (tertiary/aromatic N) is 1. The highest BCUT2D eigenvalue weighted by atomic mass is 35.5. The minimum Gasteiger partial charge on any atom is -0.619 e. The van der Waals surface area contributed by atoms with E-state index in [-0.39, 0.29) is 5.56 Å². The highest BCUT2D eigenvalue weighted by Crippen LogP contribution is 2.17. The van der Waals surface area contributed by atoms with Crippen LogP contribution in [0.3, 0.4) is 0 Å². The largest absolute Gasteiger partial charge is 0.619 e. The lowest BCUT2D eigenvalue weighted by atomic mass is 10.1. The molecule has 28 heavy (non-hydrogen) atoms. The summed E-state index contributed by atoms with van der Waals surface area (Å²) in [5.41, 5.74) is 6.13. The number of ether oxygens (including phenoxy) is 1. The van der Waals surface area contributed by atoms with Crippen LogP contribution in [0.4, 0.5) is 0 Å². The predicted molar refractivity (Wildman–Crippen MR) is 103 cm³/mol. The zero-order valence-corrected chi connectivity index (χ0v) is 15.3. The van der Waals surface area contributed by atoms with Crippen molar-refractivity contribution < 1.29 is 19.1 Å². The van der Waals surface area contributed by atoms with E-state index < -0.39 is 11.8 Å². The number of aromatic nitrogens is 1. The summed E-state index contributed by atoms with van der Waals surface area (Å²) in [5.74, 6) is -0.299. The lowest BCUT2D eigenvalue weighted by molar-refractivity contribution is -0.605. The van der Waals surface area contributed by atoms with Crippen LogP contribution in [0.1, 0.15) is 26.3 Å². The number of halogens is 1. The van der Waals surface area contributed by atoms with Crippen LogP contribution in [0.5, 0.6) is 5.75 Å². The Balaban J connectivity index is 1.51. The first-order valence-electron chi connectivity index (χ1n) is 8.28. The SMILES string of the molecule is O=C(NNC(=O)c1cc[n+]([O-])cc1)c1ccc(COc2ccc(Cl)cc2)cc1. The number of hydrogen-bond donors (Lipinski definition) is 2. The summed E-state index contributed by atoms with van der Waals surface area (Å²) in [7, 11) is 0. The fourth-order valence-electron chi connectivity index (χ4n) is 2.27. The number of rotatable bonds is 5. The number of carbonyl (C=O) groups is 2. The first-order chi connectivity index (χ1) is 13.5. The molecule has 0 atom stereocenters. The summed E-state index contributed by atoms with van der Waals surface area (Å²) in [4.78, 5) is 24.1. The quantitative estimate of drug-likeness (QED) is 0.393. The molecule has 0 unspecified atom stereocenters. The van der Waals surface area contributed by atoms with E-state index in [4.69, 9.17) is 16.3 Å². The summed E-state index contributed by atoms with van der Waals surface area (Å²) < 4.78 is 6.21. The number of carbonyl (C=O) groups excluding carboxylic acids is 2. The molecule has 0 saturated carbocycles. The van der Waals surface area contributed by atoms with E-state index in [9.17, 15) is 14.8 Å². The van der Waals surface area contributed by atoms with Crippen molar-refractivity contribution in [3.63, 3.8) is 0 Å². The van der Waals surface area contributed by atoms with Gasteiger partial charge in [-0.05, 0) is 42.0 Å². The van der Waals surface area contributed by atoms with Crippen molar-refractivity contribution in [3.05, 3.63) is 100.0 Å². The Morgan fingerprint density at radius 1 is 0.857 bits per heavy atom. The smallest absolute Gasteiger partial charge is 0.270 e. The second kappa shape index (κ2) is 8.88. The standard InChI is InChI=1S/C20H16ClN3O4/c21-17-5-7-18(8-6-17)28-13-14-1-3-15(4-2-14)19(25)22-23-20(26)16-9-11-24(27)12-10-16/h1-12H,13H2,(H,22,25)(H,23,26). The molecular weight excluding hydrogens is 382 g/mol. The molecule has 0 aliphatic rings. The molecule has 8 heteroatoms. The van der Waals surface area contributed by atoms with Crippen LogP contribution in [0.2, 0.25) is 5.02 Å². The van der Waals surface area contributed by atoms with Crippen molar-refractivity contribution in [2.75, 3.05) is 0 Å². The molecule has 3 rings (SSSR count). The summed E-state index contributed by atoms with van der Waals surface area (Å²) in [5, 5.41) is 11.6. The molecule has 0 aliphatic carbocycles. The number of nitrogens with one attached hydrogen (secondary N) is 2. The maximum absolute atomic E-state index is 12.1. The van der Waals surface area contributed by atoms with Crippen molar-refractivity contribution in [2.45, 2.75) is 6.61 Å². The summed E-state index contributed by atoms with van der Waals surface area (Å²) in [6, 6.07) is 16.5. The third-order valence-corrected chi connectivity index (χ3v) is 4.04. The van der Waals surface area contributed by atoms with E-state index in [0.29, 0.717) is 27.7 Å².